The van der Waals surface area contributed by atoms with Gasteiger partial charge in [0.25, 0.3) is 0 Å². The van der Waals surface area contributed by atoms with Crippen molar-refractivity contribution < 1.29 is 28.6 Å². The molecule has 0 aliphatic carbocycles. The highest BCUT2D eigenvalue weighted by Gasteiger charge is 2.11. The Balaban J connectivity index is 3.27. The Morgan fingerprint density at radius 2 is 2.00 bits per heavy atom. The van der Waals surface area contributed by atoms with E-state index in [1.54, 1.807) is 0 Å². The van der Waals surface area contributed by atoms with Gasteiger partial charge in [-0.05, 0) is 0 Å². The van der Waals surface area contributed by atoms with Crippen molar-refractivity contribution in [1.29, 1.82) is 0 Å². The highest BCUT2D eigenvalue weighted by atomic mass is 31.2. The summed E-state index contributed by atoms with van der Waals surface area (Å²) in [5.41, 5.74) is 0. The predicted octanol–water partition coefficient (Wildman–Crippen LogP) is -0.0901. The standard InChI is InChI=1S/C7H13O6P/c1-2-7(8)13-4-3-12-5-6-14(9,10)11/h2H,1,3-6H2,(H2,9,10,11). The number of carbonyl (C=O) groups excluding carboxylic acids is 1. The molecule has 0 spiro atoms. The molecule has 0 bridgehead atoms. The number of carbonyl (C=O) groups is 1. The summed E-state index contributed by atoms with van der Waals surface area (Å²) in [6.07, 6.45) is 0.693. The quantitative estimate of drug-likeness (QED) is 0.271. The molecule has 0 aromatic heterocycles. The molecular weight excluding hydrogens is 211 g/mol. The average molecular weight is 224 g/mol. The number of esters is 1. The van der Waals surface area contributed by atoms with E-state index in [1.165, 1.54) is 0 Å². The van der Waals surface area contributed by atoms with Crippen LogP contribution in [0.3, 0.4) is 0 Å². The Hall–Kier alpha value is -0.680. The van der Waals surface area contributed by atoms with Crippen LogP contribution in [0.5, 0.6) is 0 Å². The molecule has 0 atom stereocenters. The molecule has 0 aliphatic rings. The normalized spacial score (nSPS) is 11.0. The van der Waals surface area contributed by atoms with Crippen LogP contribution in [0.4, 0.5) is 0 Å². The van der Waals surface area contributed by atoms with Gasteiger partial charge in [-0.15, -0.1) is 0 Å². The van der Waals surface area contributed by atoms with Crippen molar-refractivity contribution in [2.45, 2.75) is 0 Å². The third-order valence-corrected chi connectivity index (χ3v) is 1.93. The Labute approximate surface area is 81.7 Å². The maximum Gasteiger partial charge on any atom is 0.330 e. The molecule has 0 unspecified atom stereocenters. The highest BCUT2D eigenvalue weighted by molar-refractivity contribution is 7.51. The van der Waals surface area contributed by atoms with Gasteiger partial charge in [0.05, 0.1) is 19.4 Å². The van der Waals surface area contributed by atoms with Crippen molar-refractivity contribution >= 4 is 13.6 Å². The predicted molar refractivity (Wildman–Crippen MR) is 48.9 cm³/mol. The zero-order valence-electron chi connectivity index (χ0n) is 7.59. The second-order valence-corrected chi connectivity index (χ2v) is 4.15. The summed E-state index contributed by atoms with van der Waals surface area (Å²) in [7, 11) is -3.99. The lowest BCUT2D eigenvalue weighted by Gasteiger charge is -2.05. The van der Waals surface area contributed by atoms with Crippen molar-refractivity contribution in [1.82, 2.24) is 0 Å². The van der Waals surface area contributed by atoms with Gasteiger partial charge in [-0.2, -0.15) is 0 Å². The summed E-state index contributed by atoms with van der Waals surface area (Å²) < 4.78 is 19.7. The lowest BCUT2D eigenvalue weighted by Crippen LogP contribution is -2.10. The summed E-state index contributed by atoms with van der Waals surface area (Å²) in [6.45, 7) is 3.29. The average Bonchev–Trinajstić information content (AvgIpc) is 2.08. The lowest BCUT2D eigenvalue weighted by molar-refractivity contribution is -0.139. The van der Waals surface area contributed by atoms with E-state index in [2.05, 4.69) is 11.3 Å². The maximum absolute atomic E-state index is 10.5. The van der Waals surface area contributed by atoms with E-state index in [0.29, 0.717) is 0 Å². The van der Waals surface area contributed by atoms with Gasteiger partial charge in [0.1, 0.15) is 6.61 Å². The molecule has 0 saturated heterocycles. The van der Waals surface area contributed by atoms with E-state index >= 15 is 0 Å². The van der Waals surface area contributed by atoms with E-state index in [4.69, 9.17) is 14.5 Å². The first-order valence-corrected chi connectivity index (χ1v) is 5.67. The Morgan fingerprint density at radius 1 is 1.36 bits per heavy atom. The first-order chi connectivity index (χ1) is 6.45. The van der Waals surface area contributed by atoms with E-state index in [0.717, 1.165) is 6.08 Å². The number of ether oxygens (including phenoxy) is 2. The molecule has 0 amide bonds. The van der Waals surface area contributed by atoms with E-state index in [-0.39, 0.29) is 26.0 Å². The van der Waals surface area contributed by atoms with Gasteiger partial charge >= 0.3 is 13.6 Å². The van der Waals surface area contributed by atoms with Crippen LogP contribution in [0.15, 0.2) is 12.7 Å². The molecule has 2 N–H and O–H groups in total. The number of hydrogen-bond donors (Lipinski definition) is 2. The molecule has 0 saturated carbocycles. The SMILES string of the molecule is C=CC(=O)OCCOCCP(=O)(O)O. The Morgan fingerprint density at radius 3 is 2.50 bits per heavy atom. The molecule has 82 valence electrons. The summed E-state index contributed by atoms with van der Waals surface area (Å²) in [4.78, 5) is 27.3. The summed E-state index contributed by atoms with van der Waals surface area (Å²) in [6, 6.07) is 0. The first-order valence-electron chi connectivity index (χ1n) is 3.87. The third kappa shape index (κ3) is 9.41. The number of rotatable bonds is 7. The summed E-state index contributed by atoms with van der Waals surface area (Å²) in [5, 5.41) is 0. The third-order valence-electron chi connectivity index (χ3n) is 1.17. The molecule has 0 radical (unpaired) electrons. The largest absolute Gasteiger partial charge is 0.460 e. The minimum absolute atomic E-state index is 0.0476. The molecule has 0 fully saturated rings. The second kappa shape index (κ2) is 6.73. The van der Waals surface area contributed by atoms with Crippen LogP contribution in [0, 0.1) is 0 Å². The first kappa shape index (κ1) is 13.3. The van der Waals surface area contributed by atoms with E-state index < -0.39 is 13.6 Å². The molecule has 0 aromatic rings. The molecule has 0 aromatic carbocycles. The minimum Gasteiger partial charge on any atom is -0.460 e. The smallest absolute Gasteiger partial charge is 0.330 e. The van der Waals surface area contributed by atoms with Gasteiger partial charge in [-0.25, -0.2) is 4.79 Å². The summed E-state index contributed by atoms with van der Waals surface area (Å²) >= 11 is 0. The van der Waals surface area contributed by atoms with Crippen LogP contribution in [0.1, 0.15) is 0 Å². The Bertz CT molecular complexity index is 232. The van der Waals surface area contributed by atoms with Crippen LogP contribution in [0.25, 0.3) is 0 Å². The van der Waals surface area contributed by atoms with E-state index in [1.807, 2.05) is 0 Å². The maximum atomic E-state index is 10.5. The van der Waals surface area contributed by atoms with Gasteiger partial charge < -0.3 is 19.3 Å². The molecule has 0 heterocycles. The topological polar surface area (TPSA) is 93.1 Å². The molecular formula is C7H13O6P. The van der Waals surface area contributed by atoms with Crippen LogP contribution in [0.2, 0.25) is 0 Å². The monoisotopic (exact) mass is 224 g/mol. The van der Waals surface area contributed by atoms with Crippen molar-refractivity contribution in [2.75, 3.05) is 26.0 Å². The van der Waals surface area contributed by atoms with Crippen LogP contribution >= 0.6 is 7.60 Å². The van der Waals surface area contributed by atoms with Gasteiger partial charge in [0.15, 0.2) is 0 Å². The van der Waals surface area contributed by atoms with E-state index in [9.17, 15) is 9.36 Å². The second-order valence-electron chi connectivity index (χ2n) is 2.37. The lowest BCUT2D eigenvalue weighted by atomic mass is 10.6. The number of hydrogen-bond acceptors (Lipinski definition) is 4. The van der Waals surface area contributed by atoms with Crippen molar-refractivity contribution in [3.05, 3.63) is 12.7 Å². The van der Waals surface area contributed by atoms with Crippen molar-refractivity contribution in [2.24, 2.45) is 0 Å². The molecule has 0 rings (SSSR count). The molecule has 0 aliphatic heterocycles. The molecule has 7 heteroatoms. The summed E-state index contributed by atoms with van der Waals surface area (Å²) in [5.74, 6) is -0.552. The minimum atomic E-state index is -3.99. The van der Waals surface area contributed by atoms with Crippen molar-refractivity contribution in [3.8, 4) is 0 Å². The zero-order valence-corrected chi connectivity index (χ0v) is 8.48. The highest BCUT2D eigenvalue weighted by Crippen LogP contribution is 2.33. The fourth-order valence-electron chi connectivity index (χ4n) is 0.546. The zero-order chi connectivity index (χ0) is 11.0. The fourth-order valence-corrected chi connectivity index (χ4v) is 0.913. The molecule has 6 nitrogen and oxygen atoms in total. The van der Waals surface area contributed by atoms with Gasteiger partial charge in [-0.3, -0.25) is 4.57 Å². The van der Waals surface area contributed by atoms with Crippen LogP contribution in [-0.4, -0.2) is 41.7 Å². The van der Waals surface area contributed by atoms with Gasteiger partial charge in [-0.1, -0.05) is 6.58 Å². The van der Waals surface area contributed by atoms with Gasteiger partial charge in [0.2, 0.25) is 0 Å². The van der Waals surface area contributed by atoms with Crippen molar-refractivity contribution in [3.63, 3.8) is 0 Å². The molecule has 14 heavy (non-hydrogen) atoms. The van der Waals surface area contributed by atoms with Gasteiger partial charge in [0, 0.05) is 6.08 Å². The fraction of sp³-hybridized carbons (Fsp3) is 0.571. The van der Waals surface area contributed by atoms with Crippen LogP contribution in [-0.2, 0) is 18.8 Å². The van der Waals surface area contributed by atoms with Crippen LogP contribution < -0.4 is 0 Å². The Kier molecular flexibility index (Phi) is 6.40.